The third kappa shape index (κ3) is 5.44. The highest BCUT2D eigenvalue weighted by molar-refractivity contribution is 7.89. The molecule has 0 bridgehead atoms. The number of esters is 1. The summed E-state index contributed by atoms with van der Waals surface area (Å²) < 4.78 is 39.9. The minimum absolute atomic E-state index is 0.00412. The van der Waals surface area contributed by atoms with Gasteiger partial charge in [-0.1, -0.05) is 59.6 Å². The van der Waals surface area contributed by atoms with Crippen molar-refractivity contribution >= 4 is 50.2 Å². The van der Waals surface area contributed by atoms with Crippen molar-refractivity contribution in [3.05, 3.63) is 99.2 Å². The lowest BCUT2D eigenvalue weighted by Gasteiger charge is -2.23. The van der Waals surface area contributed by atoms with Crippen LogP contribution in [0.25, 0.3) is 11.0 Å². The van der Waals surface area contributed by atoms with Crippen LogP contribution in [0.5, 0.6) is 0 Å². The minimum atomic E-state index is -3.97. The Kier molecular flexibility index (Phi) is 8.05. The number of aryl methyl sites for hydroxylation is 1. The summed E-state index contributed by atoms with van der Waals surface area (Å²) in [4.78, 5) is 12.3. The van der Waals surface area contributed by atoms with Crippen molar-refractivity contribution in [3.8, 4) is 0 Å². The zero-order chi connectivity index (χ0) is 25.9. The van der Waals surface area contributed by atoms with Crippen molar-refractivity contribution in [2.45, 2.75) is 31.7 Å². The molecule has 6 nitrogen and oxygen atoms in total. The number of rotatable bonds is 9. The van der Waals surface area contributed by atoms with Gasteiger partial charge in [-0.15, -0.1) is 0 Å². The number of fused-ring (bicyclic) bond motifs is 1. The molecule has 0 aliphatic carbocycles. The average molecular weight is 546 g/mol. The maximum atomic E-state index is 13.9. The quantitative estimate of drug-likeness (QED) is 0.220. The van der Waals surface area contributed by atoms with Gasteiger partial charge in [0.25, 0.3) is 0 Å². The largest absolute Gasteiger partial charge is 0.460 e. The molecule has 0 radical (unpaired) electrons. The summed E-state index contributed by atoms with van der Waals surface area (Å²) in [5, 5.41) is 1.31. The Labute approximate surface area is 220 Å². The Hall–Kier alpha value is -2.84. The fourth-order valence-corrected chi connectivity index (χ4v) is 5.90. The van der Waals surface area contributed by atoms with Gasteiger partial charge in [-0.25, -0.2) is 13.2 Å². The number of carbonyl (C=O) groups excluding carboxylic acids is 1. The van der Waals surface area contributed by atoms with Crippen molar-refractivity contribution in [1.82, 2.24) is 4.31 Å². The highest BCUT2D eigenvalue weighted by Crippen LogP contribution is 2.32. The molecule has 0 saturated carbocycles. The zero-order valence-electron chi connectivity index (χ0n) is 19.8. The summed E-state index contributed by atoms with van der Waals surface area (Å²) in [6, 6.07) is 19.3. The second-order valence-corrected chi connectivity index (χ2v) is 11.0. The van der Waals surface area contributed by atoms with E-state index < -0.39 is 16.0 Å². The van der Waals surface area contributed by atoms with Crippen molar-refractivity contribution in [2.75, 3.05) is 13.2 Å². The fourth-order valence-electron chi connectivity index (χ4n) is 3.94. The number of benzene rings is 3. The first kappa shape index (κ1) is 26.2. The van der Waals surface area contributed by atoms with E-state index in [2.05, 4.69) is 0 Å². The van der Waals surface area contributed by atoms with Crippen LogP contribution in [0, 0.1) is 6.92 Å². The fraction of sp³-hybridized carbons (Fsp3) is 0.222. The van der Waals surface area contributed by atoms with Crippen molar-refractivity contribution in [1.29, 1.82) is 0 Å². The van der Waals surface area contributed by atoms with Crippen LogP contribution in [0.1, 0.15) is 34.2 Å². The monoisotopic (exact) mass is 545 g/mol. The second-order valence-electron chi connectivity index (χ2n) is 8.21. The van der Waals surface area contributed by atoms with Crippen LogP contribution in [0.4, 0.5) is 0 Å². The highest BCUT2D eigenvalue weighted by atomic mass is 35.5. The van der Waals surface area contributed by atoms with Crippen LogP contribution < -0.4 is 0 Å². The van der Waals surface area contributed by atoms with Gasteiger partial charge >= 0.3 is 5.97 Å². The van der Waals surface area contributed by atoms with Gasteiger partial charge in [-0.3, -0.25) is 0 Å². The Morgan fingerprint density at radius 2 is 1.69 bits per heavy atom. The Balaban J connectivity index is 1.73. The lowest BCUT2D eigenvalue weighted by molar-refractivity contribution is 0.0491. The van der Waals surface area contributed by atoms with E-state index in [0.29, 0.717) is 38.6 Å². The average Bonchev–Trinajstić information content (AvgIpc) is 3.20. The van der Waals surface area contributed by atoms with E-state index in [1.807, 2.05) is 30.3 Å². The van der Waals surface area contributed by atoms with Gasteiger partial charge in [-0.2, -0.15) is 4.31 Å². The molecule has 0 aliphatic rings. The van der Waals surface area contributed by atoms with Gasteiger partial charge in [0.2, 0.25) is 15.8 Å². The molecular formula is C27H25Cl2NO5S. The number of ether oxygens (including phenoxy) is 1. The molecule has 3 aromatic carbocycles. The molecule has 4 rings (SSSR count). The molecule has 0 unspecified atom stereocenters. The summed E-state index contributed by atoms with van der Waals surface area (Å²) in [6.45, 7) is 3.82. The first-order valence-corrected chi connectivity index (χ1v) is 13.6. The summed E-state index contributed by atoms with van der Waals surface area (Å²) in [6.07, 6.45) is 0.502. The van der Waals surface area contributed by atoms with E-state index >= 15 is 0 Å². The predicted octanol–water partition coefficient (Wildman–Crippen LogP) is 6.66. The standard InChI is InChI=1S/C27H25Cl2NO5S/c1-3-34-27(31)26-18(2)21-16-20(12-13-25(21)35-26)36(32,33)30(15-14-19-8-5-4-6-9-19)17-22-23(28)10-7-11-24(22)29/h4-13,16H,3,14-15,17H2,1-2H3. The number of hydrogen-bond donors (Lipinski definition) is 0. The van der Waals surface area contributed by atoms with Crippen LogP contribution in [-0.4, -0.2) is 31.8 Å². The molecule has 1 aromatic heterocycles. The van der Waals surface area contributed by atoms with Crippen LogP contribution >= 0.6 is 23.2 Å². The van der Waals surface area contributed by atoms with Gasteiger partial charge in [0.1, 0.15) is 5.58 Å². The van der Waals surface area contributed by atoms with E-state index in [-0.39, 0.29) is 30.4 Å². The van der Waals surface area contributed by atoms with E-state index in [9.17, 15) is 13.2 Å². The number of halogens is 2. The number of nitrogens with zero attached hydrogens (tertiary/aromatic N) is 1. The maximum Gasteiger partial charge on any atom is 0.374 e. The minimum Gasteiger partial charge on any atom is -0.460 e. The molecule has 0 atom stereocenters. The van der Waals surface area contributed by atoms with Crippen LogP contribution in [0.2, 0.25) is 10.0 Å². The van der Waals surface area contributed by atoms with Crippen LogP contribution in [-0.2, 0) is 27.7 Å². The van der Waals surface area contributed by atoms with E-state index in [4.69, 9.17) is 32.4 Å². The molecule has 0 saturated heterocycles. The van der Waals surface area contributed by atoms with Gasteiger partial charge < -0.3 is 9.15 Å². The molecule has 0 N–H and O–H groups in total. The summed E-state index contributed by atoms with van der Waals surface area (Å²) in [5.74, 6) is -0.529. The predicted molar refractivity (Wildman–Crippen MR) is 141 cm³/mol. The Bertz CT molecular complexity index is 1480. The van der Waals surface area contributed by atoms with E-state index in [0.717, 1.165) is 5.56 Å². The number of hydrogen-bond acceptors (Lipinski definition) is 5. The van der Waals surface area contributed by atoms with E-state index in [1.165, 1.54) is 16.4 Å². The molecule has 0 fully saturated rings. The molecule has 4 aromatic rings. The molecule has 188 valence electrons. The van der Waals surface area contributed by atoms with Crippen molar-refractivity contribution < 1.29 is 22.4 Å². The molecule has 1 heterocycles. The summed E-state index contributed by atoms with van der Waals surface area (Å²) >= 11 is 12.8. The van der Waals surface area contributed by atoms with Crippen LogP contribution in [0.3, 0.4) is 0 Å². The maximum absolute atomic E-state index is 13.9. The third-order valence-corrected chi connectivity index (χ3v) is 8.44. The number of carbonyl (C=O) groups is 1. The number of sulfonamides is 1. The molecule has 0 amide bonds. The normalized spacial score (nSPS) is 11.8. The summed E-state index contributed by atoms with van der Waals surface area (Å²) in [7, 11) is -3.97. The van der Waals surface area contributed by atoms with E-state index in [1.54, 1.807) is 38.1 Å². The molecule has 9 heteroatoms. The smallest absolute Gasteiger partial charge is 0.374 e. The third-order valence-electron chi connectivity index (χ3n) is 5.90. The summed E-state index contributed by atoms with van der Waals surface area (Å²) in [5.41, 5.74) is 2.45. The van der Waals surface area contributed by atoms with Gasteiger partial charge in [0.05, 0.1) is 11.5 Å². The lowest BCUT2D eigenvalue weighted by atomic mass is 10.1. The van der Waals surface area contributed by atoms with Crippen molar-refractivity contribution in [3.63, 3.8) is 0 Å². The lowest BCUT2D eigenvalue weighted by Crippen LogP contribution is -2.32. The zero-order valence-corrected chi connectivity index (χ0v) is 22.2. The molecule has 0 aliphatic heterocycles. The van der Waals surface area contributed by atoms with Gasteiger partial charge in [0.15, 0.2) is 0 Å². The van der Waals surface area contributed by atoms with Crippen LogP contribution in [0.15, 0.2) is 76.0 Å². The molecular weight excluding hydrogens is 521 g/mol. The first-order valence-electron chi connectivity index (χ1n) is 11.4. The van der Waals surface area contributed by atoms with Crippen molar-refractivity contribution in [2.24, 2.45) is 0 Å². The number of furan rings is 1. The first-order chi connectivity index (χ1) is 17.2. The van der Waals surface area contributed by atoms with Gasteiger partial charge in [0, 0.05) is 39.6 Å². The Morgan fingerprint density at radius 1 is 1.00 bits per heavy atom. The molecule has 0 spiro atoms. The molecule has 36 heavy (non-hydrogen) atoms. The SMILES string of the molecule is CCOC(=O)c1oc2ccc(S(=O)(=O)N(CCc3ccccc3)Cc3c(Cl)cccc3Cl)cc2c1C. The highest BCUT2D eigenvalue weighted by Gasteiger charge is 2.28. The topological polar surface area (TPSA) is 76.8 Å². The Morgan fingerprint density at radius 3 is 2.36 bits per heavy atom. The van der Waals surface area contributed by atoms with Gasteiger partial charge in [-0.05, 0) is 56.2 Å². The second kappa shape index (κ2) is 11.0.